The molecule has 0 amide bonds. The van der Waals surface area contributed by atoms with E-state index in [4.69, 9.17) is 15.2 Å². The molecule has 0 aliphatic carbocycles. The molecule has 0 bridgehead atoms. The Morgan fingerprint density at radius 2 is 2.00 bits per heavy atom. The zero-order valence-electron chi connectivity index (χ0n) is 10.4. The summed E-state index contributed by atoms with van der Waals surface area (Å²) in [6.07, 6.45) is 0. The predicted octanol–water partition coefficient (Wildman–Crippen LogP) is 2.45. The van der Waals surface area contributed by atoms with Crippen molar-refractivity contribution in [3.63, 3.8) is 0 Å². The van der Waals surface area contributed by atoms with Crippen LogP contribution in [0, 0.1) is 0 Å². The van der Waals surface area contributed by atoms with Crippen molar-refractivity contribution in [1.82, 2.24) is 9.78 Å². The maximum Gasteiger partial charge on any atom is 0.146 e. The summed E-state index contributed by atoms with van der Waals surface area (Å²) < 4.78 is 13.0. The second kappa shape index (κ2) is 4.89. The highest BCUT2D eigenvalue weighted by Crippen LogP contribution is 2.41. The van der Waals surface area contributed by atoms with Gasteiger partial charge in [0.25, 0.3) is 0 Å². The van der Waals surface area contributed by atoms with E-state index < -0.39 is 0 Å². The van der Waals surface area contributed by atoms with Gasteiger partial charge in [-0.3, -0.25) is 4.68 Å². The van der Waals surface area contributed by atoms with E-state index in [0.717, 1.165) is 15.7 Å². The first kappa shape index (κ1) is 12.8. The van der Waals surface area contributed by atoms with Gasteiger partial charge in [0.15, 0.2) is 0 Å². The van der Waals surface area contributed by atoms with Crippen molar-refractivity contribution in [2.45, 2.75) is 0 Å². The number of nitrogen functional groups attached to an aromatic ring is 1. The lowest BCUT2D eigenvalue weighted by Crippen LogP contribution is -1.97. The van der Waals surface area contributed by atoms with Crippen LogP contribution in [0.1, 0.15) is 0 Å². The Labute approximate surface area is 114 Å². The fourth-order valence-corrected chi connectivity index (χ4v) is 2.38. The average molecular weight is 312 g/mol. The van der Waals surface area contributed by atoms with Crippen LogP contribution in [0.25, 0.3) is 11.3 Å². The third-order valence-electron chi connectivity index (χ3n) is 2.68. The summed E-state index contributed by atoms with van der Waals surface area (Å²) in [5.41, 5.74) is 7.41. The second-order valence-corrected chi connectivity index (χ2v) is 4.53. The van der Waals surface area contributed by atoms with Crippen LogP contribution in [0.4, 0.5) is 5.82 Å². The van der Waals surface area contributed by atoms with Crippen LogP contribution in [0.2, 0.25) is 0 Å². The molecule has 0 spiro atoms. The molecule has 0 unspecified atom stereocenters. The Morgan fingerprint density at radius 1 is 1.28 bits per heavy atom. The number of rotatable bonds is 3. The third kappa shape index (κ3) is 2.03. The molecule has 18 heavy (non-hydrogen) atoms. The van der Waals surface area contributed by atoms with E-state index in [2.05, 4.69) is 21.0 Å². The molecule has 1 aromatic heterocycles. The first-order valence-electron chi connectivity index (χ1n) is 5.28. The van der Waals surface area contributed by atoms with Gasteiger partial charge >= 0.3 is 0 Å². The van der Waals surface area contributed by atoms with Crippen LogP contribution >= 0.6 is 15.9 Å². The number of nitrogens with zero attached hydrogens (tertiary/aromatic N) is 2. The van der Waals surface area contributed by atoms with Gasteiger partial charge in [0.1, 0.15) is 21.8 Å². The van der Waals surface area contributed by atoms with Gasteiger partial charge in [-0.25, -0.2) is 0 Å². The van der Waals surface area contributed by atoms with Gasteiger partial charge in [-0.05, 0) is 28.1 Å². The molecular formula is C12H14BrN3O2. The number of anilines is 1. The molecule has 0 radical (unpaired) electrons. The number of aryl methyl sites for hydroxylation is 1. The molecule has 0 aliphatic rings. The maximum absolute atomic E-state index is 5.79. The normalized spacial score (nSPS) is 10.4. The van der Waals surface area contributed by atoms with Crippen LogP contribution < -0.4 is 15.2 Å². The van der Waals surface area contributed by atoms with Crippen molar-refractivity contribution >= 4 is 21.7 Å². The molecule has 2 aromatic rings. The highest BCUT2D eigenvalue weighted by atomic mass is 79.9. The Kier molecular flexibility index (Phi) is 3.47. The molecule has 0 saturated heterocycles. The third-order valence-corrected chi connectivity index (χ3v) is 3.43. The van der Waals surface area contributed by atoms with Crippen molar-refractivity contribution < 1.29 is 9.47 Å². The summed E-state index contributed by atoms with van der Waals surface area (Å²) in [6.45, 7) is 0. The summed E-state index contributed by atoms with van der Waals surface area (Å²) in [5.74, 6) is 1.98. The van der Waals surface area contributed by atoms with E-state index >= 15 is 0 Å². The van der Waals surface area contributed by atoms with Crippen molar-refractivity contribution in [3.05, 3.63) is 22.7 Å². The topological polar surface area (TPSA) is 62.3 Å². The number of ether oxygens (including phenoxy) is 2. The fourth-order valence-electron chi connectivity index (χ4n) is 1.71. The van der Waals surface area contributed by atoms with E-state index in [-0.39, 0.29) is 0 Å². The molecule has 6 heteroatoms. The van der Waals surface area contributed by atoms with Gasteiger partial charge in [0, 0.05) is 18.7 Å². The number of aromatic nitrogens is 2. The predicted molar refractivity (Wildman–Crippen MR) is 73.9 cm³/mol. The number of halogens is 1. The molecule has 0 aliphatic heterocycles. The zero-order valence-corrected chi connectivity index (χ0v) is 12.0. The van der Waals surface area contributed by atoms with Crippen molar-refractivity contribution in [1.29, 1.82) is 0 Å². The lowest BCUT2D eigenvalue weighted by molar-refractivity contribution is 0.390. The average Bonchev–Trinajstić information content (AvgIpc) is 2.69. The van der Waals surface area contributed by atoms with Crippen LogP contribution in [0.5, 0.6) is 11.5 Å². The molecular weight excluding hydrogens is 298 g/mol. The fraction of sp³-hybridized carbons (Fsp3) is 0.250. The van der Waals surface area contributed by atoms with Gasteiger partial charge in [-0.1, -0.05) is 0 Å². The monoisotopic (exact) mass is 311 g/mol. The van der Waals surface area contributed by atoms with Crippen LogP contribution in [0.3, 0.4) is 0 Å². The van der Waals surface area contributed by atoms with Crippen LogP contribution in [-0.4, -0.2) is 24.0 Å². The lowest BCUT2D eigenvalue weighted by Gasteiger charge is -2.11. The molecule has 5 nitrogen and oxygen atoms in total. The Hall–Kier alpha value is -1.69. The number of hydrogen-bond donors (Lipinski definition) is 1. The Balaban J connectivity index is 2.61. The first-order valence-corrected chi connectivity index (χ1v) is 6.08. The van der Waals surface area contributed by atoms with E-state index in [1.807, 2.05) is 12.1 Å². The van der Waals surface area contributed by atoms with Crippen molar-refractivity contribution in [2.75, 3.05) is 20.0 Å². The van der Waals surface area contributed by atoms with Gasteiger partial charge in [0.05, 0.1) is 19.9 Å². The minimum atomic E-state index is 0.596. The SMILES string of the molecule is COc1ccc(-c2cc(N)n(C)n2)c(OC)c1Br. The standard InChI is InChI=1S/C12H14BrN3O2/c1-16-10(14)6-8(15-16)7-4-5-9(17-2)11(13)12(7)18-3/h4-6H,14H2,1-3H3. The van der Waals surface area contributed by atoms with Crippen LogP contribution in [0.15, 0.2) is 22.7 Å². The van der Waals surface area contributed by atoms with Gasteiger partial charge < -0.3 is 15.2 Å². The summed E-state index contributed by atoms with van der Waals surface area (Å²) >= 11 is 3.46. The summed E-state index contributed by atoms with van der Waals surface area (Å²) in [7, 11) is 5.01. The Morgan fingerprint density at radius 3 is 2.50 bits per heavy atom. The first-order chi connectivity index (χ1) is 8.58. The van der Waals surface area contributed by atoms with Gasteiger partial charge in [-0.2, -0.15) is 5.10 Å². The van der Waals surface area contributed by atoms with E-state index in [1.165, 1.54) is 0 Å². The zero-order chi connectivity index (χ0) is 13.3. The van der Waals surface area contributed by atoms with E-state index in [9.17, 15) is 0 Å². The van der Waals surface area contributed by atoms with Crippen LogP contribution in [-0.2, 0) is 7.05 Å². The number of hydrogen-bond acceptors (Lipinski definition) is 4. The molecule has 1 heterocycles. The molecule has 0 fully saturated rings. The maximum atomic E-state index is 5.79. The molecule has 2 N–H and O–H groups in total. The quantitative estimate of drug-likeness (QED) is 0.945. The van der Waals surface area contributed by atoms with Crippen molar-refractivity contribution in [3.8, 4) is 22.8 Å². The second-order valence-electron chi connectivity index (χ2n) is 3.74. The van der Waals surface area contributed by atoms with E-state index in [1.54, 1.807) is 32.0 Å². The molecule has 0 saturated carbocycles. The summed E-state index contributed by atoms with van der Waals surface area (Å²) in [4.78, 5) is 0. The Bertz CT molecular complexity index is 561. The molecule has 1 aromatic carbocycles. The smallest absolute Gasteiger partial charge is 0.146 e. The lowest BCUT2D eigenvalue weighted by atomic mass is 10.1. The number of benzene rings is 1. The van der Waals surface area contributed by atoms with Crippen molar-refractivity contribution in [2.24, 2.45) is 7.05 Å². The largest absolute Gasteiger partial charge is 0.495 e. The van der Waals surface area contributed by atoms with E-state index in [0.29, 0.717) is 17.3 Å². The van der Waals surface area contributed by atoms with Gasteiger partial charge in [0.2, 0.25) is 0 Å². The molecule has 96 valence electrons. The highest BCUT2D eigenvalue weighted by molar-refractivity contribution is 9.10. The summed E-state index contributed by atoms with van der Waals surface area (Å²) in [6, 6.07) is 5.55. The van der Waals surface area contributed by atoms with Gasteiger partial charge in [-0.15, -0.1) is 0 Å². The minimum Gasteiger partial charge on any atom is -0.495 e. The molecule has 2 rings (SSSR count). The number of nitrogens with two attached hydrogens (primary N) is 1. The summed E-state index contributed by atoms with van der Waals surface area (Å²) in [5, 5.41) is 4.34. The number of methoxy groups -OCH3 is 2. The molecule has 0 atom stereocenters. The minimum absolute atomic E-state index is 0.596. The highest BCUT2D eigenvalue weighted by Gasteiger charge is 2.16.